The van der Waals surface area contributed by atoms with Gasteiger partial charge in [-0.15, -0.1) is 0 Å². The van der Waals surface area contributed by atoms with Gasteiger partial charge in [0.25, 0.3) is 5.91 Å². The maximum absolute atomic E-state index is 12.8. The van der Waals surface area contributed by atoms with Gasteiger partial charge in [0.15, 0.2) is 0 Å². The molecule has 0 fully saturated rings. The molecule has 0 aromatic heterocycles. The quantitative estimate of drug-likeness (QED) is 0.806. The van der Waals surface area contributed by atoms with Crippen molar-refractivity contribution in [3.05, 3.63) is 65.2 Å². The van der Waals surface area contributed by atoms with E-state index in [-0.39, 0.29) is 11.3 Å². The van der Waals surface area contributed by atoms with Crippen molar-refractivity contribution in [3.8, 4) is 0 Å². The molecule has 2 aliphatic heterocycles. The van der Waals surface area contributed by atoms with Crippen molar-refractivity contribution in [2.24, 2.45) is 0 Å². The molecule has 3 nitrogen and oxygen atoms in total. The highest BCUT2D eigenvalue weighted by atomic mass is 16.2. The fraction of sp³-hybridized carbons (Fsp3) is 0.316. The highest BCUT2D eigenvalue weighted by molar-refractivity contribution is 5.97. The second kappa shape index (κ2) is 4.13. The SMILES string of the molecule is CC1(C)c2ccccc2N2Cc3ccccc3C(=O)NC21C. The molecular weight excluding hydrogens is 272 g/mol. The average molecular weight is 292 g/mol. The van der Waals surface area contributed by atoms with Crippen LogP contribution in [0.15, 0.2) is 48.5 Å². The molecule has 1 N–H and O–H groups in total. The number of nitrogens with one attached hydrogen (secondary N) is 1. The minimum atomic E-state index is -0.438. The van der Waals surface area contributed by atoms with E-state index in [1.54, 1.807) is 0 Å². The fourth-order valence-corrected chi connectivity index (χ4v) is 3.88. The van der Waals surface area contributed by atoms with E-state index in [1.165, 1.54) is 11.3 Å². The summed E-state index contributed by atoms with van der Waals surface area (Å²) in [6, 6.07) is 16.4. The van der Waals surface area contributed by atoms with E-state index in [9.17, 15) is 4.79 Å². The Balaban J connectivity index is 1.96. The summed E-state index contributed by atoms with van der Waals surface area (Å²) in [5.41, 5.74) is 3.76. The molecule has 0 spiro atoms. The Hall–Kier alpha value is -2.29. The second-order valence-corrected chi connectivity index (χ2v) is 6.91. The molecule has 0 saturated heterocycles. The minimum Gasteiger partial charge on any atom is -0.344 e. The van der Waals surface area contributed by atoms with E-state index >= 15 is 0 Å². The Morgan fingerprint density at radius 2 is 1.68 bits per heavy atom. The van der Waals surface area contributed by atoms with Crippen molar-refractivity contribution in [1.82, 2.24) is 5.32 Å². The molecule has 1 amide bonds. The number of benzene rings is 2. The van der Waals surface area contributed by atoms with E-state index in [4.69, 9.17) is 0 Å². The number of carbonyl (C=O) groups excluding carboxylic acids is 1. The first-order valence-corrected chi connectivity index (χ1v) is 7.73. The molecular formula is C19H20N2O. The highest BCUT2D eigenvalue weighted by Crippen LogP contribution is 2.51. The van der Waals surface area contributed by atoms with Crippen LogP contribution >= 0.6 is 0 Å². The maximum Gasteiger partial charge on any atom is 0.253 e. The molecule has 0 radical (unpaired) electrons. The first-order chi connectivity index (χ1) is 10.4. The third-order valence-electron chi connectivity index (χ3n) is 5.57. The number of hydrogen-bond acceptors (Lipinski definition) is 2. The lowest BCUT2D eigenvalue weighted by Gasteiger charge is -2.44. The van der Waals surface area contributed by atoms with Crippen LogP contribution in [0.4, 0.5) is 5.69 Å². The molecule has 2 aromatic rings. The third kappa shape index (κ3) is 1.48. The first-order valence-electron chi connectivity index (χ1n) is 7.73. The van der Waals surface area contributed by atoms with Gasteiger partial charge in [0, 0.05) is 23.2 Å². The van der Waals surface area contributed by atoms with Gasteiger partial charge in [-0.25, -0.2) is 0 Å². The summed E-state index contributed by atoms with van der Waals surface area (Å²) in [4.78, 5) is 15.1. The van der Waals surface area contributed by atoms with Gasteiger partial charge >= 0.3 is 0 Å². The monoisotopic (exact) mass is 292 g/mol. The lowest BCUT2D eigenvalue weighted by molar-refractivity contribution is 0.0873. The molecule has 3 heteroatoms. The Kier molecular flexibility index (Phi) is 2.51. The smallest absolute Gasteiger partial charge is 0.253 e. The van der Waals surface area contributed by atoms with E-state index < -0.39 is 5.66 Å². The van der Waals surface area contributed by atoms with Gasteiger partial charge in [0.05, 0.1) is 0 Å². The van der Waals surface area contributed by atoms with Crippen molar-refractivity contribution in [2.75, 3.05) is 4.90 Å². The van der Waals surface area contributed by atoms with Gasteiger partial charge in [-0.2, -0.15) is 0 Å². The number of carbonyl (C=O) groups is 1. The molecule has 22 heavy (non-hydrogen) atoms. The zero-order chi connectivity index (χ0) is 15.5. The summed E-state index contributed by atoms with van der Waals surface area (Å²) in [5.74, 6) is 0.0153. The standard InChI is InChI=1S/C19H20N2O/c1-18(2)15-10-6-7-11-16(15)21-12-13-8-4-5-9-14(13)17(22)20-19(18,21)3/h4-11H,12H2,1-3H3,(H,20,22). The van der Waals surface area contributed by atoms with Gasteiger partial charge in [-0.3, -0.25) is 4.79 Å². The van der Waals surface area contributed by atoms with Crippen LogP contribution in [-0.2, 0) is 12.0 Å². The molecule has 4 rings (SSSR count). The second-order valence-electron chi connectivity index (χ2n) is 6.91. The molecule has 1 unspecified atom stereocenters. The highest BCUT2D eigenvalue weighted by Gasteiger charge is 2.55. The average Bonchev–Trinajstić information content (AvgIpc) is 2.60. The summed E-state index contributed by atoms with van der Waals surface area (Å²) >= 11 is 0. The van der Waals surface area contributed by atoms with Crippen LogP contribution < -0.4 is 10.2 Å². The number of rotatable bonds is 0. The number of anilines is 1. The van der Waals surface area contributed by atoms with Crippen LogP contribution in [-0.4, -0.2) is 11.6 Å². The maximum atomic E-state index is 12.8. The first kappa shape index (κ1) is 13.4. The topological polar surface area (TPSA) is 32.3 Å². The molecule has 0 saturated carbocycles. The molecule has 2 aromatic carbocycles. The predicted octanol–water partition coefficient (Wildman–Crippen LogP) is 3.44. The van der Waals surface area contributed by atoms with Gasteiger partial charge in [-0.1, -0.05) is 50.2 Å². The van der Waals surface area contributed by atoms with Crippen molar-refractivity contribution < 1.29 is 4.79 Å². The predicted molar refractivity (Wildman–Crippen MR) is 88.0 cm³/mol. The molecule has 112 valence electrons. The summed E-state index contributed by atoms with van der Waals surface area (Å²) in [7, 11) is 0. The molecule has 0 bridgehead atoms. The molecule has 1 atom stereocenters. The Labute approximate surface area is 131 Å². The van der Waals surface area contributed by atoms with Crippen LogP contribution in [0.3, 0.4) is 0 Å². The Morgan fingerprint density at radius 3 is 2.50 bits per heavy atom. The van der Waals surface area contributed by atoms with E-state index in [0.717, 1.165) is 17.7 Å². The van der Waals surface area contributed by atoms with Gasteiger partial charge in [0.2, 0.25) is 0 Å². The van der Waals surface area contributed by atoms with Crippen molar-refractivity contribution in [1.29, 1.82) is 0 Å². The minimum absolute atomic E-state index is 0.0153. The van der Waals surface area contributed by atoms with E-state index in [2.05, 4.69) is 61.3 Å². The number of fused-ring (bicyclic) bond motifs is 4. The lowest BCUT2D eigenvalue weighted by Crippen LogP contribution is -2.63. The number of hydrogen-bond donors (Lipinski definition) is 1. The Morgan fingerprint density at radius 1 is 1.00 bits per heavy atom. The molecule has 2 aliphatic rings. The number of amides is 1. The normalized spacial score (nSPS) is 24.9. The Bertz CT molecular complexity index is 781. The molecule has 0 aliphatic carbocycles. The fourth-order valence-electron chi connectivity index (χ4n) is 3.88. The van der Waals surface area contributed by atoms with Crippen molar-refractivity contribution >= 4 is 11.6 Å². The third-order valence-corrected chi connectivity index (χ3v) is 5.57. The van der Waals surface area contributed by atoms with Crippen LogP contribution in [0, 0.1) is 0 Å². The summed E-state index contributed by atoms with van der Waals surface area (Å²) in [6.45, 7) is 7.30. The van der Waals surface area contributed by atoms with E-state index in [1.807, 2.05) is 18.2 Å². The zero-order valence-corrected chi connectivity index (χ0v) is 13.2. The summed E-state index contributed by atoms with van der Waals surface area (Å²) < 4.78 is 0. The number of para-hydroxylation sites is 1. The lowest BCUT2D eigenvalue weighted by atomic mass is 9.76. The molecule has 2 heterocycles. The van der Waals surface area contributed by atoms with E-state index in [0.29, 0.717) is 0 Å². The van der Waals surface area contributed by atoms with Crippen LogP contribution in [0.25, 0.3) is 0 Å². The van der Waals surface area contributed by atoms with Gasteiger partial charge in [0.1, 0.15) is 5.66 Å². The largest absolute Gasteiger partial charge is 0.344 e. The van der Waals surface area contributed by atoms with Crippen molar-refractivity contribution in [2.45, 2.75) is 38.4 Å². The summed E-state index contributed by atoms with van der Waals surface area (Å²) in [6.07, 6.45) is 0. The van der Waals surface area contributed by atoms with Crippen LogP contribution in [0.1, 0.15) is 42.3 Å². The summed E-state index contributed by atoms with van der Waals surface area (Å²) in [5, 5.41) is 3.30. The number of nitrogens with zero attached hydrogens (tertiary/aromatic N) is 1. The van der Waals surface area contributed by atoms with Crippen LogP contribution in [0.2, 0.25) is 0 Å². The zero-order valence-electron chi connectivity index (χ0n) is 13.2. The van der Waals surface area contributed by atoms with Gasteiger partial charge in [-0.05, 0) is 30.2 Å². The van der Waals surface area contributed by atoms with Gasteiger partial charge < -0.3 is 10.2 Å². The van der Waals surface area contributed by atoms with Crippen molar-refractivity contribution in [3.63, 3.8) is 0 Å². The van der Waals surface area contributed by atoms with Crippen LogP contribution in [0.5, 0.6) is 0 Å².